The molecule has 0 atom stereocenters. The van der Waals surface area contributed by atoms with E-state index in [0.29, 0.717) is 20.9 Å². The Morgan fingerprint density at radius 2 is 1.14 bits per heavy atom. The second-order valence-corrected chi connectivity index (χ2v) is 6.83. The van der Waals surface area contributed by atoms with Gasteiger partial charge in [0.15, 0.2) is 0 Å². The van der Waals surface area contributed by atoms with Crippen LogP contribution < -0.4 is 0 Å². The van der Waals surface area contributed by atoms with E-state index in [1.54, 1.807) is 48.5 Å². The van der Waals surface area contributed by atoms with E-state index in [4.69, 9.17) is 5.63 Å². The molecular weight excluding hydrogens is 505 g/mol. The van der Waals surface area contributed by atoms with E-state index in [1.165, 1.54) is 0 Å². The van der Waals surface area contributed by atoms with Crippen LogP contribution in [0.3, 0.4) is 0 Å². The van der Waals surface area contributed by atoms with Crippen molar-refractivity contribution < 1.29 is 15.2 Å². The van der Waals surface area contributed by atoms with Crippen LogP contribution in [0.25, 0.3) is 0 Å². The summed E-state index contributed by atoms with van der Waals surface area (Å²) in [6.45, 7) is 0. The van der Waals surface area contributed by atoms with Gasteiger partial charge in [-0.3, -0.25) is 0 Å². The summed E-state index contributed by atoms with van der Waals surface area (Å²) in [7, 11) is 0. The van der Waals surface area contributed by atoms with Crippen LogP contribution in [0.5, 0.6) is 0 Å². The maximum absolute atomic E-state index is 11.8. The van der Waals surface area contributed by atoms with Gasteiger partial charge in [0.2, 0.25) is 0 Å². The average Bonchev–Trinajstić information content (AvgIpc) is 2.48. The molecule has 0 aliphatic heterocycles. The van der Waals surface area contributed by atoms with Gasteiger partial charge in [-0.1, -0.05) is 0 Å². The van der Waals surface area contributed by atoms with Crippen LogP contribution in [0.2, 0.25) is 0 Å². The Kier molecular flexibility index (Phi) is 6.09. The second-order valence-electron chi connectivity index (χ2n) is 3.87. The van der Waals surface area contributed by atoms with Crippen LogP contribution in [-0.4, -0.2) is 36.1 Å². The van der Waals surface area contributed by atoms with Crippen LogP contribution >= 0.6 is 25.3 Å². The number of thiol groups is 2. The number of benzene rings is 2. The van der Waals surface area contributed by atoms with Crippen LogP contribution in [0.1, 0.15) is 20.7 Å². The molecule has 7 heteroatoms. The molecule has 1 radical (unpaired) electrons. The maximum atomic E-state index is 11.8. The van der Waals surface area contributed by atoms with E-state index in [1.807, 2.05) is 0 Å². The van der Waals surface area contributed by atoms with Gasteiger partial charge >= 0.3 is 146 Å². The zero-order chi connectivity index (χ0) is 15.2. The van der Waals surface area contributed by atoms with E-state index >= 15 is 0 Å². The molecule has 0 amide bonds. The molecule has 2 aromatic rings. The van der Waals surface area contributed by atoms with Gasteiger partial charge in [0.05, 0.1) is 0 Å². The van der Waals surface area contributed by atoms with Crippen LogP contribution in [0.15, 0.2) is 58.3 Å². The van der Waals surface area contributed by atoms with Crippen LogP contribution in [0.4, 0.5) is 0 Å². The van der Waals surface area contributed by atoms with Crippen molar-refractivity contribution in [3.63, 3.8) is 0 Å². The summed E-state index contributed by atoms with van der Waals surface area (Å²) in [5.41, 5.74) is 0.713. The van der Waals surface area contributed by atoms with Crippen molar-refractivity contribution in [2.75, 3.05) is 0 Å². The molecule has 21 heavy (non-hydrogen) atoms. The predicted molar refractivity (Wildman–Crippen MR) is 84.0 cm³/mol. The van der Waals surface area contributed by atoms with Crippen molar-refractivity contribution in [3.05, 3.63) is 59.7 Å². The zero-order valence-corrected chi connectivity index (χ0v) is 15.9. The van der Waals surface area contributed by atoms with E-state index in [2.05, 4.69) is 25.3 Å². The molecule has 4 nitrogen and oxygen atoms in total. The minimum absolute atomic E-state index is 0.357. The standard InChI is InChI=1S/2C7H6O2S.Bi/c2*8-7(9)5-3-1-2-4-6(5)10;/h2*1-4,10H,(H,8,9);/q;;+2/p-2. The molecule has 0 fully saturated rings. The van der Waals surface area contributed by atoms with Gasteiger partial charge in [0.25, 0.3) is 0 Å². The SMILES string of the molecule is O=C([O][Bi][O]C(=O)c1ccccc1S)c1ccccc1S. The van der Waals surface area contributed by atoms with Crippen molar-refractivity contribution in [2.45, 2.75) is 9.79 Å². The molecule has 0 bridgehead atoms. The predicted octanol–water partition coefficient (Wildman–Crippen LogP) is 2.81. The van der Waals surface area contributed by atoms with Gasteiger partial charge < -0.3 is 0 Å². The first-order chi connectivity index (χ1) is 10.1. The summed E-state index contributed by atoms with van der Waals surface area (Å²) >= 11 is 6.18. The van der Waals surface area contributed by atoms with E-state index < -0.39 is 36.1 Å². The summed E-state index contributed by atoms with van der Waals surface area (Å²) in [6, 6.07) is 13.6. The van der Waals surface area contributed by atoms with Crippen LogP contribution in [0, 0.1) is 0 Å². The quantitative estimate of drug-likeness (QED) is 0.486. The van der Waals surface area contributed by atoms with Crippen LogP contribution in [-0.2, 0) is 5.63 Å². The normalized spacial score (nSPS) is 10.0. The van der Waals surface area contributed by atoms with E-state index in [-0.39, 0.29) is 0 Å². The molecule has 0 heterocycles. The molecule has 0 aliphatic rings. The molecular formula is C14H10BiO4S2. The van der Waals surface area contributed by atoms with Gasteiger partial charge in [0.1, 0.15) is 0 Å². The number of carbonyl (C=O) groups excluding carboxylic acids is 2. The Morgan fingerprint density at radius 1 is 0.762 bits per heavy atom. The molecule has 0 saturated carbocycles. The molecule has 0 aliphatic carbocycles. The molecule has 0 aromatic heterocycles. The Labute approximate surface area is 145 Å². The van der Waals surface area contributed by atoms with Gasteiger partial charge in [-0.05, 0) is 0 Å². The third-order valence-corrected chi connectivity index (χ3v) is 5.14. The van der Waals surface area contributed by atoms with E-state index in [0.717, 1.165) is 0 Å². The number of carbonyl (C=O) groups is 2. The summed E-state index contributed by atoms with van der Waals surface area (Å²) < 4.78 is 10.1. The van der Waals surface area contributed by atoms with Crippen molar-refractivity contribution >= 4 is 61.3 Å². The molecule has 2 aromatic carbocycles. The Bertz CT molecular complexity index is 618. The second kappa shape index (κ2) is 7.83. The van der Waals surface area contributed by atoms with Gasteiger partial charge in [-0.25, -0.2) is 0 Å². The Hall–Kier alpha value is -1.04. The van der Waals surface area contributed by atoms with Crippen molar-refractivity contribution in [1.29, 1.82) is 0 Å². The number of hydrogen-bond acceptors (Lipinski definition) is 6. The fourth-order valence-electron chi connectivity index (χ4n) is 1.48. The first-order valence-electron chi connectivity index (χ1n) is 5.78. The molecule has 0 spiro atoms. The summed E-state index contributed by atoms with van der Waals surface area (Å²) in [5.74, 6) is -1.05. The third-order valence-electron chi connectivity index (χ3n) is 2.49. The molecule has 2 rings (SSSR count). The van der Waals surface area contributed by atoms with Gasteiger partial charge in [-0.15, -0.1) is 0 Å². The Balaban J connectivity index is 1.90. The summed E-state index contributed by atoms with van der Waals surface area (Å²) in [4.78, 5) is 24.7. The molecule has 0 unspecified atom stereocenters. The topological polar surface area (TPSA) is 52.6 Å². The van der Waals surface area contributed by atoms with E-state index in [9.17, 15) is 9.59 Å². The monoisotopic (exact) mass is 515 g/mol. The first kappa shape index (κ1) is 16.3. The fourth-order valence-corrected chi connectivity index (χ4v) is 3.42. The third kappa shape index (κ3) is 4.46. The minimum atomic E-state index is -2.16. The number of rotatable bonds is 4. The molecule has 0 N–H and O–H groups in total. The summed E-state index contributed by atoms with van der Waals surface area (Å²) in [6.07, 6.45) is 0. The van der Waals surface area contributed by atoms with Gasteiger partial charge in [0, 0.05) is 0 Å². The zero-order valence-electron chi connectivity index (χ0n) is 10.6. The average molecular weight is 515 g/mol. The number of hydrogen-bond donors (Lipinski definition) is 2. The fraction of sp³-hybridized carbons (Fsp3) is 0. The molecule has 0 saturated heterocycles. The Morgan fingerprint density at radius 3 is 1.52 bits per heavy atom. The van der Waals surface area contributed by atoms with Gasteiger partial charge in [-0.2, -0.15) is 0 Å². The van der Waals surface area contributed by atoms with Crippen molar-refractivity contribution in [3.8, 4) is 0 Å². The summed E-state index contributed by atoms with van der Waals surface area (Å²) in [5, 5.41) is 0. The first-order valence-corrected chi connectivity index (χ1v) is 9.52. The molecule has 107 valence electrons. The van der Waals surface area contributed by atoms with Crippen molar-refractivity contribution in [2.24, 2.45) is 0 Å². The van der Waals surface area contributed by atoms with Crippen molar-refractivity contribution in [1.82, 2.24) is 0 Å².